The van der Waals surface area contributed by atoms with Crippen molar-refractivity contribution >= 4 is 33.0 Å². The van der Waals surface area contributed by atoms with Crippen molar-refractivity contribution in [1.82, 2.24) is 4.98 Å². The minimum atomic E-state index is -0.0229. The van der Waals surface area contributed by atoms with E-state index in [1.165, 1.54) is 11.3 Å². The van der Waals surface area contributed by atoms with E-state index >= 15 is 0 Å². The average molecular weight is 410 g/mol. The molecule has 0 spiro atoms. The first kappa shape index (κ1) is 18.2. The second kappa shape index (κ2) is 7.21. The summed E-state index contributed by atoms with van der Waals surface area (Å²) in [5.74, 6) is 0.789. The van der Waals surface area contributed by atoms with Gasteiger partial charge in [0.05, 0.1) is 4.88 Å². The van der Waals surface area contributed by atoms with Gasteiger partial charge in [-0.15, -0.1) is 11.3 Å². The molecule has 0 saturated carbocycles. The number of aromatic hydroxyl groups is 1. The normalized spacial score (nSPS) is 11.1. The average Bonchev–Trinajstić information content (AvgIpc) is 3.37. The van der Waals surface area contributed by atoms with Crippen molar-refractivity contribution in [3.05, 3.63) is 95.5 Å². The van der Waals surface area contributed by atoms with Crippen molar-refractivity contribution in [2.24, 2.45) is 0 Å². The number of phenolic OH excluding ortho intramolecular Hbond substituents is 1. The number of aromatic nitrogens is 1. The molecule has 0 bridgehead atoms. The van der Waals surface area contributed by atoms with E-state index in [9.17, 15) is 9.90 Å². The maximum absolute atomic E-state index is 13.3. The van der Waals surface area contributed by atoms with E-state index in [4.69, 9.17) is 5.73 Å². The van der Waals surface area contributed by atoms with Crippen molar-refractivity contribution in [3.63, 3.8) is 0 Å². The summed E-state index contributed by atoms with van der Waals surface area (Å²) in [6.45, 7) is 0. The Morgan fingerprint density at radius 1 is 0.900 bits per heavy atom. The number of nitrogens with two attached hydrogens (primary N) is 1. The van der Waals surface area contributed by atoms with E-state index in [0.29, 0.717) is 16.3 Å². The molecule has 4 N–H and O–H groups in total. The maximum Gasteiger partial charge on any atom is 0.203 e. The van der Waals surface area contributed by atoms with E-state index in [1.54, 1.807) is 12.1 Å². The van der Waals surface area contributed by atoms with Crippen molar-refractivity contribution < 1.29 is 9.90 Å². The fraction of sp³-hybridized carbons (Fsp3) is 0. The number of carbonyl (C=O) groups excluding carboxylic acids is 1. The number of rotatable bonds is 4. The third-order valence-corrected chi connectivity index (χ3v) is 6.33. The van der Waals surface area contributed by atoms with Gasteiger partial charge in [0, 0.05) is 33.0 Å². The van der Waals surface area contributed by atoms with Gasteiger partial charge in [-0.25, -0.2) is 0 Å². The van der Waals surface area contributed by atoms with Crippen LogP contribution >= 0.6 is 11.3 Å². The Balaban J connectivity index is 1.68. The number of hydrogen-bond donors (Lipinski definition) is 3. The van der Waals surface area contributed by atoms with Crippen LogP contribution in [0.3, 0.4) is 0 Å². The number of benzene rings is 3. The number of H-pyrrole nitrogens is 1. The Morgan fingerprint density at radius 3 is 2.33 bits per heavy atom. The van der Waals surface area contributed by atoms with Crippen LogP contribution in [0.2, 0.25) is 0 Å². The number of nitrogen functional groups attached to an aromatic ring is 1. The molecule has 0 aliphatic carbocycles. The molecular weight excluding hydrogens is 392 g/mol. The highest BCUT2D eigenvalue weighted by molar-refractivity contribution is 7.21. The molecule has 0 radical (unpaired) electrons. The number of aromatic amines is 1. The smallest absolute Gasteiger partial charge is 0.203 e. The molecule has 0 amide bonds. The van der Waals surface area contributed by atoms with Gasteiger partial charge in [-0.05, 0) is 35.4 Å². The molecule has 0 atom stereocenters. The molecule has 30 heavy (non-hydrogen) atoms. The van der Waals surface area contributed by atoms with E-state index in [2.05, 4.69) is 4.98 Å². The quantitative estimate of drug-likeness (QED) is 0.314. The van der Waals surface area contributed by atoms with Crippen LogP contribution < -0.4 is 5.73 Å². The van der Waals surface area contributed by atoms with E-state index in [-0.39, 0.29) is 11.5 Å². The van der Waals surface area contributed by atoms with E-state index in [1.807, 2.05) is 72.9 Å². The number of hydrogen-bond acceptors (Lipinski definition) is 4. The van der Waals surface area contributed by atoms with Crippen molar-refractivity contribution in [2.75, 3.05) is 5.73 Å². The predicted octanol–water partition coefficient (Wildman–Crippen LogP) is 6.08. The highest BCUT2D eigenvalue weighted by atomic mass is 32.1. The zero-order valence-electron chi connectivity index (χ0n) is 15.9. The molecule has 0 aliphatic rings. The van der Waals surface area contributed by atoms with Crippen LogP contribution in [-0.2, 0) is 0 Å². The number of anilines is 1. The SMILES string of the molecule is Nc1[nH]ccc1-c1ccc(-c2c(C(=O)c3ccccc3)sc3cc(O)ccc23)cc1. The van der Waals surface area contributed by atoms with Gasteiger partial charge in [0.2, 0.25) is 5.78 Å². The van der Waals surface area contributed by atoms with Gasteiger partial charge in [-0.3, -0.25) is 4.79 Å². The summed E-state index contributed by atoms with van der Waals surface area (Å²) in [6.07, 6.45) is 1.81. The molecule has 0 aliphatic heterocycles. The molecule has 0 unspecified atom stereocenters. The van der Waals surface area contributed by atoms with Crippen LogP contribution in [0, 0.1) is 0 Å². The van der Waals surface area contributed by atoms with Crippen molar-refractivity contribution in [1.29, 1.82) is 0 Å². The van der Waals surface area contributed by atoms with Crippen LogP contribution in [0.4, 0.5) is 5.82 Å². The van der Waals surface area contributed by atoms with Gasteiger partial charge in [0.1, 0.15) is 11.6 Å². The van der Waals surface area contributed by atoms with Crippen LogP contribution in [-0.4, -0.2) is 15.9 Å². The summed E-state index contributed by atoms with van der Waals surface area (Å²) in [7, 11) is 0. The molecule has 2 aromatic heterocycles. The summed E-state index contributed by atoms with van der Waals surface area (Å²) < 4.78 is 0.878. The Kier molecular flexibility index (Phi) is 4.38. The minimum Gasteiger partial charge on any atom is -0.508 e. The first-order valence-corrected chi connectivity index (χ1v) is 10.3. The molecule has 146 valence electrons. The molecular formula is C25H18N2O2S. The fourth-order valence-corrected chi connectivity index (χ4v) is 4.92. The zero-order chi connectivity index (χ0) is 20.7. The van der Waals surface area contributed by atoms with Crippen LogP contribution in [0.15, 0.2) is 85.1 Å². The highest BCUT2D eigenvalue weighted by Crippen LogP contribution is 2.41. The third-order valence-electron chi connectivity index (χ3n) is 5.18. The monoisotopic (exact) mass is 410 g/mol. The van der Waals surface area contributed by atoms with Gasteiger partial charge < -0.3 is 15.8 Å². The summed E-state index contributed by atoms with van der Waals surface area (Å²) >= 11 is 1.41. The van der Waals surface area contributed by atoms with Crippen LogP contribution in [0.5, 0.6) is 5.75 Å². The lowest BCUT2D eigenvalue weighted by Gasteiger charge is -2.07. The van der Waals surface area contributed by atoms with Crippen molar-refractivity contribution in [3.8, 4) is 28.0 Å². The number of phenols is 1. The van der Waals surface area contributed by atoms with Gasteiger partial charge in [-0.1, -0.05) is 54.6 Å². The van der Waals surface area contributed by atoms with Gasteiger partial charge in [0.25, 0.3) is 0 Å². The lowest BCUT2D eigenvalue weighted by molar-refractivity contribution is 0.104. The number of fused-ring (bicyclic) bond motifs is 1. The Bertz CT molecular complexity index is 1370. The molecule has 0 saturated heterocycles. The number of ketones is 1. The topological polar surface area (TPSA) is 79.1 Å². The molecule has 2 heterocycles. The van der Waals surface area contributed by atoms with Crippen LogP contribution in [0.1, 0.15) is 15.2 Å². The minimum absolute atomic E-state index is 0.0229. The van der Waals surface area contributed by atoms with Crippen molar-refractivity contribution in [2.45, 2.75) is 0 Å². The van der Waals surface area contributed by atoms with Crippen LogP contribution in [0.25, 0.3) is 32.3 Å². The first-order valence-electron chi connectivity index (χ1n) is 9.51. The summed E-state index contributed by atoms with van der Waals surface area (Å²) in [4.78, 5) is 17.0. The molecule has 3 aromatic carbocycles. The highest BCUT2D eigenvalue weighted by Gasteiger charge is 2.21. The number of thiophene rings is 1. The van der Waals surface area contributed by atoms with Gasteiger partial charge in [-0.2, -0.15) is 0 Å². The second-order valence-electron chi connectivity index (χ2n) is 7.06. The fourth-order valence-electron chi connectivity index (χ4n) is 3.70. The van der Waals surface area contributed by atoms with Gasteiger partial charge in [0.15, 0.2) is 0 Å². The first-order chi connectivity index (χ1) is 14.6. The summed E-state index contributed by atoms with van der Waals surface area (Å²) in [5, 5.41) is 10.9. The molecule has 5 aromatic rings. The molecule has 4 nitrogen and oxygen atoms in total. The largest absolute Gasteiger partial charge is 0.508 e. The predicted molar refractivity (Wildman–Crippen MR) is 123 cm³/mol. The summed E-state index contributed by atoms with van der Waals surface area (Å²) in [5.41, 5.74) is 10.4. The molecule has 0 fully saturated rings. The maximum atomic E-state index is 13.3. The zero-order valence-corrected chi connectivity index (χ0v) is 16.7. The Labute approximate surface area is 177 Å². The Hall–Kier alpha value is -3.83. The number of nitrogens with one attached hydrogen (secondary N) is 1. The number of carbonyl (C=O) groups is 1. The van der Waals surface area contributed by atoms with Gasteiger partial charge >= 0.3 is 0 Å². The Morgan fingerprint density at radius 2 is 1.63 bits per heavy atom. The molecule has 5 heteroatoms. The lowest BCUT2D eigenvalue weighted by atomic mass is 9.96. The third kappa shape index (κ3) is 3.06. The summed E-state index contributed by atoms with van der Waals surface area (Å²) in [6, 6.07) is 24.5. The molecule has 5 rings (SSSR count). The van der Waals surface area contributed by atoms with E-state index < -0.39 is 0 Å². The second-order valence-corrected chi connectivity index (χ2v) is 8.12. The lowest BCUT2D eigenvalue weighted by Crippen LogP contribution is -2.00. The van der Waals surface area contributed by atoms with E-state index in [0.717, 1.165) is 32.3 Å². The standard InChI is InChI=1S/C25H18N2O2S/c26-25-19(12-13-27-25)15-6-8-16(9-7-15)22-20-11-10-18(28)14-21(20)30-24(22)23(29)17-4-2-1-3-5-17/h1-14,27-28H,26H2.